The molecule has 5 heteroatoms. The molecular weight excluding hydrogens is 306 g/mol. The lowest BCUT2D eigenvalue weighted by molar-refractivity contribution is -0.318. The maximum Gasteiger partial charge on any atom is 0.411 e. The van der Waals surface area contributed by atoms with E-state index in [4.69, 9.17) is 4.74 Å². The number of amides is 1. The van der Waals surface area contributed by atoms with Gasteiger partial charge in [-0.1, -0.05) is 30.3 Å². The maximum atomic E-state index is 12.4. The molecule has 132 valence electrons. The third-order valence-corrected chi connectivity index (χ3v) is 4.38. The van der Waals surface area contributed by atoms with Crippen molar-refractivity contribution in [3.8, 4) is 0 Å². The number of carbonyl (C=O) groups is 2. The van der Waals surface area contributed by atoms with Crippen LogP contribution < -0.4 is 5.11 Å². The van der Waals surface area contributed by atoms with E-state index < -0.39 is 23.2 Å². The molecule has 0 unspecified atom stereocenters. The summed E-state index contributed by atoms with van der Waals surface area (Å²) >= 11 is 0. The Balaban J connectivity index is 2.07. The van der Waals surface area contributed by atoms with Crippen molar-refractivity contribution in [3.63, 3.8) is 0 Å². The van der Waals surface area contributed by atoms with E-state index in [0.717, 1.165) is 12.0 Å². The minimum Gasteiger partial charge on any atom is -0.548 e. The Labute approximate surface area is 143 Å². The van der Waals surface area contributed by atoms with Crippen LogP contribution in [-0.4, -0.2) is 34.6 Å². The molecule has 1 aliphatic heterocycles. The Bertz CT molecular complexity index is 579. The average Bonchev–Trinajstić information content (AvgIpc) is 2.92. The van der Waals surface area contributed by atoms with Gasteiger partial charge in [-0.3, -0.25) is 4.90 Å². The van der Waals surface area contributed by atoms with E-state index in [2.05, 4.69) is 0 Å². The SMILES string of the molecule is CC(C)(C)OC(=O)N1CCC[C@]1(CCCc1ccccc1)C(=O)[O-]. The second-order valence-electron chi connectivity index (χ2n) is 7.39. The second kappa shape index (κ2) is 7.24. The number of ether oxygens (including phenoxy) is 1. The number of hydrogen-bond donors (Lipinski definition) is 0. The third-order valence-electron chi connectivity index (χ3n) is 4.38. The molecule has 1 atom stereocenters. The van der Waals surface area contributed by atoms with Gasteiger partial charge in [-0.2, -0.15) is 0 Å². The van der Waals surface area contributed by atoms with Crippen LogP contribution in [0.15, 0.2) is 30.3 Å². The molecule has 1 saturated heterocycles. The lowest BCUT2D eigenvalue weighted by Crippen LogP contribution is -2.59. The molecule has 1 amide bonds. The van der Waals surface area contributed by atoms with Gasteiger partial charge in [-0.25, -0.2) is 4.79 Å². The summed E-state index contributed by atoms with van der Waals surface area (Å²) in [4.78, 5) is 25.7. The minimum atomic E-state index is -1.25. The van der Waals surface area contributed by atoms with E-state index in [1.165, 1.54) is 4.90 Å². The standard InChI is InChI=1S/C19H27NO4/c1-18(2,3)24-17(23)20-14-8-13-19(20,16(21)22)12-7-11-15-9-5-4-6-10-15/h4-6,9-10H,7-8,11-14H2,1-3H3,(H,21,22)/p-1/t19-/m1/s1. The quantitative estimate of drug-likeness (QED) is 0.831. The monoisotopic (exact) mass is 332 g/mol. The molecule has 0 spiro atoms. The predicted molar refractivity (Wildman–Crippen MR) is 89.3 cm³/mol. The number of aryl methyl sites for hydroxylation is 1. The minimum absolute atomic E-state index is 0.378. The molecule has 1 aliphatic rings. The summed E-state index contributed by atoms with van der Waals surface area (Å²) in [5.74, 6) is -1.18. The van der Waals surface area contributed by atoms with Crippen LogP contribution in [0.25, 0.3) is 0 Å². The first-order valence-electron chi connectivity index (χ1n) is 8.51. The van der Waals surface area contributed by atoms with E-state index >= 15 is 0 Å². The van der Waals surface area contributed by atoms with E-state index in [9.17, 15) is 14.7 Å². The van der Waals surface area contributed by atoms with Crippen molar-refractivity contribution < 1.29 is 19.4 Å². The van der Waals surface area contributed by atoms with Crippen LogP contribution in [0.2, 0.25) is 0 Å². The highest BCUT2D eigenvalue weighted by atomic mass is 16.6. The Morgan fingerprint density at radius 3 is 2.50 bits per heavy atom. The Hall–Kier alpha value is -2.04. The zero-order chi connectivity index (χ0) is 17.8. The fraction of sp³-hybridized carbons (Fsp3) is 0.579. The normalized spacial score (nSPS) is 20.9. The van der Waals surface area contributed by atoms with Gasteiger partial charge < -0.3 is 14.6 Å². The van der Waals surface area contributed by atoms with Gasteiger partial charge in [0.05, 0.1) is 11.5 Å². The number of carboxylic acids is 1. The Morgan fingerprint density at radius 1 is 1.25 bits per heavy atom. The van der Waals surface area contributed by atoms with Crippen LogP contribution in [0, 0.1) is 0 Å². The zero-order valence-electron chi connectivity index (χ0n) is 14.7. The molecule has 5 nitrogen and oxygen atoms in total. The van der Waals surface area contributed by atoms with Crippen LogP contribution >= 0.6 is 0 Å². The van der Waals surface area contributed by atoms with Gasteiger partial charge in [-0.05, 0) is 58.4 Å². The van der Waals surface area contributed by atoms with Crippen LogP contribution in [0.3, 0.4) is 0 Å². The van der Waals surface area contributed by atoms with E-state index in [1.54, 1.807) is 20.8 Å². The van der Waals surface area contributed by atoms with E-state index in [-0.39, 0.29) is 0 Å². The largest absolute Gasteiger partial charge is 0.548 e. The Kier molecular flexibility index (Phi) is 5.52. The number of nitrogens with zero attached hydrogens (tertiary/aromatic N) is 1. The fourth-order valence-corrected chi connectivity index (χ4v) is 3.27. The molecule has 24 heavy (non-hydrogen) atoms. The molecule has 1 heterocycles. The van der Waals surface area contributed by atoms with Crippen molar-refractivity contribution in [2.45, 2.75) is 64.0 Å². The van der Waals surface area contributed by atoms with Crippen LogP contribution in [0.1, 0.15) is 52.0 Å². The fourth-order valence-electron chi connectivity index (χ4n) is 3.27. The maximum absolute atomic E-state index is 12.4. The molecule has 1 aromatic rings. The molecule has 0 bridgehead atoms. The van der Waals surface area contributed by atoms with Gasteiger partial charge in [0.25, 0.3) is 0 Å². The van der Waals surface area contributed by atoms with Gasteiger partial charge >= 0.3 is 6.09 Å². The lowest BCUT2D eigenvalue weighted by atomic mass is 9.89. The van der Waals surface area contributed by atoms with Gasteiger partial charge in [-0.15, -0.1) is 0 Å². The van der Waals surface area contributed by atoms with Crippen molar-refractivity contribution >= 4 is 12.1 Å². The lowest BCUT2D eigenvalue weighted by Gasteiger charge is -2.40. The summed E-state index contributed by atoms with van der Waals surface area (Å²) in [7, 11) is 0. The molecule has 2 rings (SSSR count). The molecule has 0 radical (unpaired) electrons. The van der Waals surface area contributed by atoms with Crippen molar-refractivity contribution in [1.82, 2.24) is 4.90 Å². The van der Waals surface area contributed by atoms with Gasteiger partial charge in [0.1, 0.15) is 5.60 Å². The number of carboxylic acid groups (broad SMARTS) is 1. The smallest absolute Gasteiger partial charge is 0.411 e. The summed E-state index contributed by atoms with van der Waals surface area (Å²) in [6.07, 6.45) is 2.34. The number of benzene rings is 1. The van der Waals surface area contributed by atoms with Gasteiger partial charge in [0.2, 0.25) is 0 Å². The van der Waals surface area contributed by atoms with Crippen molar-refractivity contribution in [1.29, 1.82) is 0 Å². The predicted octanol–water partition coefficient (Wildman–Crippen LogP) is 2.53. The average molecular weight is 332 g/mol. The molecule has 1 aromatic carbocycles. The molecule has 0 aromatic heterocycles. The summed E-state index contributed by atoms with van der Waals surface area (Å²) in [5, 5.41) is 11.9. The van der Waals surface area contributed by atoms with Crippen LogP contribution in [0.4, 0.5) is 4.79 Å². The van der Waals surface area contributed by atoms with Crippen molar-refractivity contribution in [2.24, 2.45) is 0 Å². The van der Waals surface area contributed by atoms with E-state index in [0.29, 0.717) is 32.2 Å². The van der Waals surface area contributed by atoms with Crippen molar-refractivity contribution in [2.75, 3.05) is 6.54 Å². The first kappa shape index (κ1) is 18.3. The first-order chi connectivity index (χ1) is 11.2. The van der Waals surface area contributed by atoms with Crippen LogP contribution in [0.5, 0.6) is 0 Å². The summed E-state index contributed by atoms with van der Waals surface area (Å²) in [6, 6.07) is 9.92. The molecule has 1 fully saturated rings. The molecule has 0 N–H and O–H groups in total. The number of aliphatic carboxylic acids is 1. The number of hydrogen-bond acceptors (Lipinski definition) is 4. The summed E-state index contributed by atoms with van der Waals surface area (Å²) < 4.78 is 5.39. The summed E-state index contributed by atoms with van der Waals surface area (Å²) in [6.45, 7) is 5.72. The molecule has 0 aliphatic carbocycles. The van der Waals surface area contributed by atoms with Crippen molar-refractivity contribution in [3.05, 3.63) is 35.9 Å². The number of likely N-dealkylation sites (tertiary alicyclic amines) is 1. The van der Waals surface area contributed by atoms with E-state index in [1.807, 2.05) is 30.3 Å². The highest BCUT2D eigenvalue weighted by molar-refractivity contribution is 5.84. The first-order valence-corrected chi connectivity index (χ1v) is 8.51. The second-order valence-corrected chi connectivity index (χ2v) is 7.39. The zero-order valence-corrected chi connectivity index (χ0v) is 14.7. The molecule has 0 saturated carbocycles. The van der Waals surface area contributed by atoms with Crippen LogP contribution in [-0.2, 0) is 16.0 Å². The highest BCUT2D eigenvalue weighted by Gasteiger charge is 2.46. The number of carbonyl (C=O) groups excluding carboxylic acids is 2. The third kappa shape index (κ3) is 4.28. The Morgan fingerprint density at radius 2 is 1.92 bits per heavy atom. The topological polar surface area (TPSA) is 69.7 Å². The van der Waals surface area contributed by atoms with Gasteiger partial charge in [0.15, 0.2) is 0 Å². The molecular formula is C19H26NO4-. The van der Waals surface area contributed by atoms with Gasteiger partial charge in [0, 0.05) is 6.54 Å². The highest BCUT2D eigenvalue weighted by Crippen LogP contribution is 2.35. The summed E-state index contributed by atoms with van der Waals surface area (Å²) in [5.41, 5.74) is -0.744. The number of rotatable bonds is 5.